The molecule has 1 aromatic heterocycles. The summed E-state index contributed by atoms with van der Waals surface area (Å²) in [6, 6.07) is 2.91. The standard InChI is InChI=1S/C17H19BN2O7S/c1-9-19-12(8-28-9)16(22)20-6-11(7-20)27-13-3-2-10(4-5-18(25)26)15(21)14(13)17(23)24/h2-3,8,11,21,25-26H,4-7H2,1H3,(H,23,24). The minimum atomic E-state index is -1.55. The Hall–Kier alpha value is -2.63. The van der Waals surface area contributed by atoms with E-state index in [0.29, 0.717) is 5.69 Å². The Bertz CT molecular complexity index is 896. The number of aryl methyl sites for hydroxylation is 2. The number of carbonyl (C=O) groups excluding carboxylic acids is 1. The van der Waals surface area contributed by atoms with Crippen molar-refractivity contribution in [3.05, 3.63) is 39.3 Å². The number of thiazole rings is 1. The number of rotatable bonds is 7. The van der Waals surface area contributed by atoms with Gasteiger partial charge in [-0.25, -0.2) is 9.78 Å². The van der Waals surface area contributed by atoms with Gasteiger partial charge in [-0.1, -0.05) is 6.07 Å². The van der Waals surface area contributed by atoms with Gasteiger partial charge >= 0.3 is 13.1 Å². The highest BCUT2D eigenvalue weighted by Crippen LogP contribution is 2.34. The van der Waals surface area contributed by atoms with Gasteiger partial charge in [0.25, 0.3) is 5.91 Å². The van der Waals surface area contributed by atoms with E-state index in [1.165, 1.54) is 23.5 Å². The van der Waals surface area contributed by atoms with Crippen molar-refractivity contribution in [1.82, 2.24) is 9.88 Å². The van der Waals surface area contributed by atoms with Gasteiger partial charge < -0.3 is 29.9 Å². The minimum absolute atomic E-state index is 0.0000938. The Kier molecular flexibility index (Phi) is 5.87. The molecule has 0 bridgehead atoms. The highest BCUT2D eigenvalue weighted by Gasteiger charge is 2.35. The number of carboxylic acid groups (broad SMARTS) is 1. The third-order valence-corrected chi connectivity index (χ3v) is 5.15. The molecule has 0 spiro atoms. The topological polar surface area (TPSA) is 140 Å². The molecule has 28 heavy (non-hydrogen) atoms. The summed E-state index contributed by atoms with van der Waals surface area (Å²) >= 11 is 1.39. The van der Waals surface area contributed by atoms with Gasteiger partial charge in [0, 0.05) is 5.38 Å². The molecule has 0 aliphatic carbocycles. The van der Waals surface area contributed by atoms with Gasteiger partial charge in [0.2, 0.25) is 0 Å². The third kappa shape index (κ3) is 4.27. The first-order valence-corrected chi connectivity index (χ1v) is 9.46. The van der Waals surface area contributed by atoms with Crippen molar-refractivity contribution in [2.45, 2.75) is 25.8 Å². The first-order chi connectivity index (χ1) is 13.3. The van der Waals surface area contributed by atoms with Crippen LogP contribution in [0.15, 0.2) is 17.5 Å². The predicted molar refractivity (Wildman–Crippen MR) is 101 cm³/mol. The van der Waals surface area contributed by atoms with E-state index < -0.39 is 24.9 Å². The molecule has 9 nitrogen and oxygen atoms in total. The lowest BCUT2D eigenvalue weighted by Gasteiger charge is -2.38. The maximum Gasteiger partial charge on any atom is 0.451 e. The van der Waals surface area contributed by atoms with E-state index in [4.69, 9.17) is 14.8 Å². The number of aromatic carboxylic acids is 1. The molecule has 2 heterocycles. The summed E-state index contributed by atoms with van der Waals surface area (Å²) in [6.07, 6.45) is -0.336. The van der Waals surface area contributed by atoms with Crippen LogP contribution in [0.3, 0.4) is 0 Å². The number of phenols is 1. The fourth-order valence-electron chi connectivity index (χ4n) is 2.89. The third-order valence-electron chi connectivity index (χ3n) is 4.38. The van der Waals surface area contributed by atoms with Crippen LogP contribution in [0.25, 0.3) is 0 Å². The summed E-state index contributed by atoms with van der Waals surface area (Å²) in [5, 5.41) is 40.1. The quantitative estimate of drug-likeness (QED) is 0.495. The summed E-state index contributed by atoms with van der Waals surface area (Å²) in [5.41, 5.74) is 0.271. The van der Waals surface area contributed by atoms with Crippen LogP contribution in [0.4, 0.5) is 0 Å². The van der Waals surface area contributed by atoms with Gasteiger partial charge in [0.05, 0.1) is 18.1 Å². The van der Waals surface area contributed by atoms with Gasteiger partial charge in [-0.3, -0.25) is 4.79 Å². The number of aromatic hydroxyl groups is 1. The molecule has 3 rings (SSSR count). The fraction of sp³-hybridized carbons (Fsp3) is 0.353. The summed E-state index contributed by atoms with van der Waals surface area (Å²) in [5.74, 6) is -2.02. The van der Waals surface area contributed by atoms with E-state index in [0.717, 1.165) is 5.01 Å². The van der Waals surface area contributed by atoms with Crippen molar-refractivity contribution in [2.75, 3.05) is 13.1 Å². The Balaban J connectivity index is 1.67. The summed E-state index contributed by atoms with van der Waals surface area (Å²) < 4.78 is 5.67. The van der Waals surface area contributed by atoms with Crippen molar-refractivity contribution in [3.8, 4) is 11.5 Å². The zero-order valence-corrected chi connectivity index (χ0v) is 15.8. The van der Waals surface area contributed by atoms with E-state index in [-0.39, 0.29) is 48.6 Å². The van der Waals surface area contributed by atoms with Crippen molar-refractivity contribution < 1.29 is 34.6 Å². The normalized spacial score (nSPS) is 13.9. The van der Waals surface area contributed by atoms with Gasteiger partial charge in [-0.15, -0.1) is 11.3 Å². The molecular formula is C17H19BN2O7S. The molecule has 1 amide bonds. The second kappa shape index (κ2) is 8.17. The molecule has 1 aliphatic heterocycles. The summed E-state index contributed by atoms with van der Waals surface area (Å²) in [6.45, 7) is 2.38. The summed E-state index contributed by atoms with van der Waals surface area (Å²) in [7, 11) is -1.55. The van der Waals surface area contributed by atoms with Crippen molar-refractivity contribution in [3.63, 3.8) is 0 Å². The molecule has 1 fully saturated rings. The number of aromatic nitrogens is 1. The number of hydrogen-bond donors (Lipinski definition) is 4. The second-order valence-corrected chi connectivity index (χ2v) is 7.53. The number of carboxylic acids is 1. The van der Waals surface area contributed by atoms with E-state index in [2.05, 4.69) is 4.98 Å². The Labute approximate surface area is 165 Å². The van der Waals surface area contributed by atoms with Crippen molar-refractivity contribution >= 4 is 30.3 Å². The molecule has 148 valence electrons. The average molecular weight is 406 g/mol. The van der Waals surface area contributed by atoms with Crippen LogP contribution in [-0.2, 0) is 6.42 Å². The zero-order valence-electron chi connectivity index (χ0n) is 15.0. The maximum atomic E-state index is 12.3. The highest BCUT2D eigenvalue weighted by atomic mass is 32.1. The van der Waals surface area contributed by atoms with E-state index in [1.54, 1.807) is 10.3 Å². The lowest BCUT2D eigenvalue weighted by molar-refractivity contribution is 0.0165. The Morgan fingerprint density at radius 1 is 1.36 bits per heavy atom. The monoisotopic (exact) mass is 406 g/mol. The Morgan fingerprint density at radius 2 is 2.07 bits per heavy atom. The first-order valence-electron chi connectivity index (χ1n) is 8.58. The van der Waals surface area contributed by atoms with Crippen LogP contribution in [-0.4, -0.2) is 68.3 Å². The van der Waals surface area contributed by atoms with Gasteiger partial charge in [-0.05, 0) is 31.3 Å². The van der Waals surface area contributed by atoms with Gasteiger partial charge in [0.15, 0.2) is 0 Å². The molecule has 1 aliphatic rings. The molecule has 1 aromatic carbocycles. The van der Waals surface area contributed by atoms with Gasteiger partial charge in [-0.2, -0.15) is 0 Å². The molecule has 2 aromatic rings. The zero-order chi connectivity index (χ0) is 20.4. The van der Waals surface area contributed by atoms with E-state index >= 15 is 0 Å². The van der Waals surface area contributed by atoms with Crippen molar-refractivity contribution in [1.29, 1.82) is 0 Å². The predicted octanol–water partition coefficient (Wildman–Crippen LogP) is 0.774. The second-order valence-electron chi connectivity index (χ2n) is 6.47. The SMILES string of the molecule is Cc1nc(C(=O)N2CC(Oc3ccc(CCB(O)O)c(O)c3C(=O)O)C2)cs1. The van der Waals surface area contributed by atoms with Crippen LogP contribution in [0.5, 0.6) is 11.5 Å². The number of likely N-dealkylation sites (tertiary alicyclic amines) is 1. The van der Waals surface area contributed by atoms with E-state index in [9.17, 15) is 19.8 Å². The average Bonchev–Trinajstić information content (AvgIpc) is 3.02. The number of benzene rings is 1. The smallest absolute Gasteiger partial charge is 0.451 e. The molecule has 1 saturated heterocycles. The van der Waals surface area contributed by atoms with Crippen LogP contribution >= 0.6 is 11.3 Å². The van der Waals surface area contributed by atoms with Crippen LogP contribution in [0.2, 0.25) is 6.32 Å². The highest BCUT2D eigenvalue weighted by molar-refractivity contribution is 7.09. The molecule has 11 heteroatoms. The number of ether oxygens (including phenoxy) is 1. The largest absolute Gasteiger partial charge is 0.507 e. The molecular weight excluding hydrogens is 387 g/mol. The van der Waals surface area contributed by atoms with Gasteiger partial charge in [0.1, 0.15) is 28.9 Å². The number of amides is 1. The number of hydrogen-bond acceptors (Lipinski definition) is 8. The minimum Gasteiger partial charge on any atom is -0.507 e. The molecule has 0 saturated carbocycles. The first kappa shape index (κ1) is 20.1. The van der Waals surface area contributed by atoms with Crippen LogP contribution < -0.4 is 4.74 Å². The fourth-order valence-corrected chi connectivity index (χ4v) is 3.48. The molecule has 0 atom stereocenters. The summed E-state index contributed by atoms with van der Waals surface area (Å²) in [4.78, 5) is 29.6. The van der Waals surface area contributed by atoms with Crippen LogP contribution in [0.1, 0.15) is 31.4 Å². The lowest BCUT2D eigenvalue weighted by atomic mass is 9.82. The number of nitrogens with zero attached hydrogens (tertiary/aromatic N) is 2. The van der Waals surface area contributed by atoms with E-state index in [1.807, 2.05) is 6.92 Å². The maximum absolute atomic E-state index is 12.3. The van der Waals surface area contributed by atoms with Crippen LogP contribution in [0, 0.1) is 6.92 Å². The molecule has 0 radical (unpaired) electrons. The molecule has 4 N–H and O–H groups in total. The Morgan fingerprint density at radius 3 is 2.64 bits per heavy atom. The van der Waals surface area contributed by atoms with Crippen molar-refractivity contribution in [2.24, 2.45) is 0 Å². The lowest BCUT2D eigenvalue weighted by Crippen LogP contribution is -2.56. The molecule has 0 unspecified atom stereocenters. The number of carbonyl (C=O) groups is 2.